The van der Waals surface area contributed by atoms with Crippen LogP contribution in [0, 0.1) is 53.3 Å². The van der Waals surface area contributed by atoms with Crippen molar-refractivity contribution >= 4 is 5.97 Å². The maximum Gasteiger partial charge on any atom is 0.306 e. The number of cyclic esters (lactones) is 1. The lowest BCUT2D eigenvalue weighted by atomic mass is 9.81. The zero-order valence-corrected chi connectivity index (χ0v) is 59.8. The van der Waals surface area contributed by atoms with Crippen molar-refractivity contribution in [2.24, 2.45) is 64.7 Å². The van der Waals surface area contributed by atoms with E-state index in [1.54, 1.807) is 40.7 Å². The van der Waals surface area contributed by atoms with E-state index in [0.717, 1.165) is 32.1 Å². The van der Waals surface area contributed by atoms with E-state index in [2.05, 4.69) is 6.92 Å². The normalized spacial score (nSPS) is 43.9. The van der Waals surface area contributed by atoms with Crippen LogP contribution in [0.5, 0.6) is 0 Å². The van der Waals surface area contributed by atoms with Gasteiger partial charge in [0.1, 0.15) is 42.7 Å². The molecule has 0 spiro atoms. The molecule has 3 aliphatic heterocycles. The Hall–Kier alpha value is -2.27. The van der Waals surface area contributed by atoms with Crippen LogP contribution in [0.25, 0.3) is 0 Å². The number of allylic oxidation sites excluding steroid dienone is 1. The summed E-state index contributed by atoms with van der Waals surface area (Å²) in [6.07, 6.45) is -22.3. The van der Waals surface area contributed by atoms with Gasteiger partial charge in [0.15, 0.2) is 12.6 Å². The number of unbranched alkanes of at least 4 members (excludes halogenated alkanes) is 3. The number of hydrogen-bond acceptors (Lipinski definition) is 26. The molecule has 34 atom stereocenters. The number of rotatable bonds is 14. The second-order valence-corrected chi connectivity index (χ2v) is 29.7. The molecule has 0 aliphatic carbocycles. The van der Waals surface area contributed by atoms with Gasteiger partial charge in [-0.25, -0.2) is 0 Å². The first-order valence-corrected chi connectivity index (χ1v) is 35.8. The van der Waals surface area contributed by atoms with Crippen LogP contribution in [-0.4, -0.2) is 264 Å². The summed E-state index contributed by atoms with van der Waals surface area (Å²) in [5, 5.41) is 202. The lowest BCUT2D eigenvalue weighted by Gasteiger charge is -2.43. The third-order valence-electron chi connectivity index (χ3n) is 21.1. The van der Waals surface area contributed by atoms with E-state index in [9.17, 15) is 96.7 Å². The predicted molar refractivity (Wildman–Crippen MR) is 362 cm³/mol. The minimum Gasteiger partial charge on any atom is -0.462 e. The smallest absolute Gasteiger partial charge is 0.306 e. The summed E-state index contributed by atoms with van der Waals surface area (Å²) < 4.78 is 30.6. The lowest BCUT2D eigenvalue weighted by molar-refractivity contribution is -0.314. The molecule has 2 fully saturated rings. The van der Waals surface area contributed by atoms with Gasteiger partial charge in [0.05, 0.1) is 104 Å². The molecule has 2 saturated heterocycles. The summed E-state index contributed by atoms with van der Waals surface area (Å²) in [6, 6.07) is -1.17. The summed E-state index contributed by atoms with van der Waals surface area (Å²) in [5.41, 5.74) is 12.7. The van der Waals surface area contributed by atoms with Gasteiger partial charge < -0.3 is 127 Å². The van der Waals surface area contributed by atoms with Crippen molar-refractivity contribution in [2.75, 3.05) is 13.2 Å². The van der Waals surface area contributed by atoms with E-state index >= 15 is 0 Å². The van der Waals surface area contributed by atoms with E-state index < -0.39 is 214 Å². The Bertz CT molecular complexity index is 2270. The van der Waals surface area contributed by atoms with Crippen LogP contribution in [0.1, 0.15) is 186 Å². The van der Waals surface area contributed by atoms with Gasteiger partial charge in [-0.05, 0) is 120 Å². The molecular weight excluding hydrogens is 1260 g/mol. The van der Waals surface area contributed by atoms with Crippen LogP contribution < -0.4 is 11.5 Å². The molecule has 0 bridgehead atoms. The fraction of sp³-hybridized carbons (Fsp3) is 0.901. The molecule has 26 heteroatoms. The Morgan fingerprint density at radius 1 is 0.546 bits per heavy atom. The van der Waals surface area contributed by atoms with Gasteiger partial charge in [-0.3, -0.25) is 4.79 Å². The van der Waals surface area contributed by atoms with Crippen molar-refractivity contribution < 1.29 is 120 Å². The summed E-state index contributed by atoms with van der Waals surface area (Å²) in [5.74, 6) is -5.94. The highest BCUT2D eigenvalue weighted by atomic mass is 16.7. The standard InChI is InChI=1S/C71H132N2O24/c1-35(19-15-13-14-18-24-72)25-41(7)69-45(11)56(94-70-66(90)60(73)64(88)46(12)93-70)33-49(77)32-54(82)43(9)52(80)29-47(75)28-51(79)42(8)53(81)30-48(76)31-55(83)44(10)63(87)57(95-71-68(92)67(91)65(89)58(34-74)96-71)27-40(6)62(86)39(5)26-38(4)61(85)37(3)20-16-17-21-50(78)36(2)22-23-59(84)97-69/h16,20,26-27,35-37,39,41-58,60-71,74-83,85-92H,13-15,17-19,21-25,28-34,72-73H2,1-12H3/t35-,36+,37+,39+,41+,42-,43+,44-,45+,46-,47+,48-,49-,50+,51+,52+,53-,54-,55+,56-,57+,58-,60+,61-,62-,63-,64-,65-,66-,67+,68+,69+,70+,71-/m1/s1. The van der Waals surface area contributed by atoms with Gasteiger partial charge in [0.2, 0.25) is 0 Å². The van der Waals surface area contributed by atoms with Crippen molar-refractivity contribution in [1.29, 1.82) is 0 Å². The van der Waals surface area contributed by atoms with Gasteiger partial charge in [0, 0.05) is 48.3 Å². The first-order chi connectivity index (χ1) is 45.4. The minimum absolute atomic E-state index is 0.0617. The molecule has 0 unspecified atom stereocenters. The van der Waals surface area contributed by atoms with E-state index in [1.807, 2.05) is 26.0 Å². The average Bonchev–Trinajstić information content (AvgIpc) is 0.819. The quantitative estimate of drug-likeness (QED) is 0.0655. The molecule has 97 heavy (non-hydrogen) atoms. The Balaban J connectivity index is 2.03. The van der Waals surface area contributed by atoms with Gasteiger partial charge in [-0.2, -0.15) is 0 Å². The molecule has 0 aromatic carbocycles. The van der Waals surface area contributed by atoms with E-state index in [4.69, 9.17) is 35.2 Å². The summed E-state index contributed by atoms with van der Waals surface area (Å²) >= 11 is 0. The summed E-state index contributed by atoms with van der Waals surface area (Å²) in [4.78, 5) is 14.2. The topological polar surface area (TPSA) is 479 Å². The molecule has 3 aliphatic rings. The second-order valence-electron chi connectivity index (χ2n) is 29.7. The fourth-order valence-corrected chi connectivity index (χ4v) is 13.7. The van der Waals surface area contributed by atoms with Crippen molar-refractivity contribution in [1.82, 2.24) is 0 Å². The number of carbonyl (C=O) groups excluding carboxylic acids is 1. The van der Waals surface area contributed by atoms with Crippen LogP contribution in [0.2, 0.25) is 0 Å². The number of esters is 1. The van der Waals surface area contributed by atoms with Crippen LogP contribution in [-0.2, 0) is 28.5 Å². The monoisotopic (exact) mass is 1400 g/mol. The summed E-state index contributed by atoms with van der Waals surface area (Å²) in [7, 11) is 0. The molecule has 0 saturated carbocycles. The number of carbonyl (C=O) groups is 1. The van der Waals surface area contributed by atoms with Crippen LogP contribution >= 0.6 is 0 Å². The maximum absolute atomic E-state index is 14.2. The Kier molecular flexibility index (Phi) is 40.1. The number of nitrogens with two attached hydrogens (primary N) is 2. The molecule has 0 amide bonds. The second kappa shape index (κ2) is 43.7. The largest absolute Gasteiger partial charge is 0.462 e. The maximum atomic E-state index is 14.2. The number of hydrogen-bond donors (Lipinski definition) is 20. The molecule has 0 aromatic rings. The number of ether oxygens (including phenoxy) is 5. The highest BCUT2D eigenvalue weighted by Gasteiger charge is 2.48. The molecule has 26 nitrogen and oxygen atoms in total. The SMILES string of the molecule is CC1=C[C@H](O[C@@H]2O[C@H](CO)[C@@H](O)[C@H](O)[C@@H]2O)[C@H](O)[C@H](C)[C@@H](O)C[C@H](O)C[C@@H](O)[C@H](C)[C@@H](O)C[C@H](O)C[C@H](O)[C@H](C)[C@H](O)C[C@@H](O)C[C@@H](O[C@@H]2O[C@H](C)[C@@H](O)[C@H](N)[C@H]2O)[C@H](C)[C@H]([C@@H](C)C[C@H](C)CCCCCCN)OC(=O)CC[C@H](C)[C@@H](O)CCC=C[C@H](C)[C@@H](O)C(C)=C[C@H](C)[C@H]1O. The van der Waals surface area contributed by atoms with Crippen molar-refractivity contribution in [3.63, 3.8) is 0 Å². The number of aliphatic hydroxyl groups excluding tert-OH is 18. The Labute approximate surface area is 576 Å². The molecular formula is C71H132N2O24. The fourth-order valence-electron chi connectivity index (χ4n) is 13.7. The van der Waals surface area contributed by atoms with Crippen LogP contribution in [0.15, 0.2) is 35.5 Å². The molecule has 0 aromatic heterocycles. The highest BCUT2D eigenvalue weighted by Crippen LogP contribution is 2.36. The van der Waals surface area contributed by atoms with E-state index in [1.165, 1.54) is 33.8 Å². The zero-order chi connectivity index (χ0) is 73.5. The van der Waals surface area contributed by atoms with Gasteiger partial charge in [-0.15, -0.1) is 0 Å². The van der Waals surface area contributed by atoms with Crippen molar-refractivity contribution in [3.05, 3.63) is 35.5 Å². The lowest BCUT2D eigenvalue weighted by Crippen LogP contribution is -2.62. The molecule has 0 radical (unpaired) electrons. The van der Waals surface area contributed by atoms with Gasteiger partial charge >= 0.3 is 5.97 Å². The molecule has 570 valence electrons. The van der Waals surface area contributed by atoms with Crippen LogP contribution in [0.3, 0.4) is 0 Å². The highest BCUT2D eigenvalue weighted by molar-refractivity contribution is 5.69. The molecule has 3 heterocycles. The van der Waals surface area contributed by atoms with Crippen LogP contribution in [0.4, 0.5) is 0 Å². The first-order valence-electron chi connectivity index (χ1n) is 35.8. The zero-order valence-electron chi connectivity index (χ0n) is 59.8. The molecule has 22 N–H and O–H groups in total. The van der Waals surface area contributed by atoms with E-state index in [-0.39, 0.29) is 61.9 Å². The first kappa shape index (κ1) is 88.9. The van der Waals surface area contributed by atoms with Gasteiger partial charge in [0.25, 0.3) is 0 Å². The Morgan fingerprint density at radius 2 is 1.05 bits per heavy atom. The van der Waals surface area contributed by atoms with Gasteiger partial charge in [-0.1, -0.05) is 112 Å². The summed E-state index contributed by atoms with van der Waals surface area (Å²) in [6.45, 7) is 20.2. The Morgan fingerprint density at radius 3 is 1.60 bits per heavy atom. The third kappa shape index (κ3) is 28.4. The van der Waals surface area contributed by atoms with E-state index in [0.29, 0.717) is 31.4 Å². The minimum atomic E-state index is -1.90. The van der Waals surface area contributed by atoms with Crippen molar-refractivity contribution in [3.8, 4) is 0 Å². The predicted octanol–water partition coefficient (Wildman–Crippen LogP) is 0.981. The number of aliphatic hydroxyl groups is 18. The van der Waals surface area contributed by atoms with Crippen molar-refractivity contribution in [2.45, 2.75) is 339 Å². The average molecular weight is 1400 g/mol. The molecule has 3 rings (SSSR count). The third-order valence-corrected chi connectivity index (χ3v) is 21.1.